The van der Waals surface area contributed by atoms with Crippen molar-refractivity contribution in [1.29, 1.82) is 0 Å². The average Bonchev–Trinajstić information content (AvgIpc) is 2.92. The normalized spacial score (nSPS) is 34.1. The molecule has 0 aliphatic heterocycles. The van der Waals surface area contributed by atoms with Crippen molar-refractivity contribution in [2.45, 2.75) is 86.2 Å². The van der Waals surface area contributed by atoms with Crippen LogP contribution in [-0.4, -0.2) is 34.7 Å². The minimum absolute atomic E-state index is 0.125. The lowest BCUT2D eigenvalue weighted by Crippen LogP contribution is -2.32. The predicted octanol–water partition coefficient (Wildman–Crippen LogP) is 5.76. The highest BCUT2D eigenvalue weighted by atomic mass is 16.5. The predicted molar refractivity (Wildman–Crippen MR) is 127 cm³/mol. The molecule has 0 bridgehead atoms. The molecule has 0 saturated carbocycles. The highest BCUT2D eigenvalue weighted by Gasteiger charge is 2.51. The Kier molecular flexibility index (Phi) is 9.08. The molecule has 0 aromatic heterocycles. The molecule has 0 spiro atoms. The van der Waals surface area contributed by atoms with Crippen LogP contribution < -0.4 is 0 Å². The lowest BCUT2D eigenvalue weighted by Gasteiger charge is -2.32. The van der Waals surface area contributed by atoms with Crippen LogP contribution in [0.1, 0.15) is 80.1 Å². The Labute approximate surface area is 192 Å². The summed E-state index contributed by atoms with van der Waals surface area (Å²) in [5, 5.41) is 21.5. The number of fused-ring (bicyclic) bond motifs is 1. The first-order valence-electron chi connectivity index (χ1n) is 11.7. The number of carbonyl (C=O) groups excluding carboxylic acids is 2. The average molecular weight is 445 g/mol. The van der Waals surface area contributed by atoms with Crippen LogP contribution in [0.5, 0.6) is 0 Å². The van der Waals surface area contributed by atoms with Gasteiger partial charge in [-0.2, -0.15) is 0 Å². The number of ether oxygens (including phenoxy) is 1. The number of allylic oxidation sites excluding steroid dienone is 6. The lowest BCUT2D eigenvalue weighted by atomic mass is 9.70. The Morgan fingerprint density at radius 2 is 1.84 bits per heavy atom. The number of hydrogen-bond acceptors (Lipinski definition) is 5. The number of rotatable bonds is 3. The van der Waals surface area contributed by atoms with Crippen molar-refractivity contribution >= 4 is 11.8 Å². The fraction of sp³-hybridized carbons (Fsp3) is 0.630. The van der Waals surface area contributed by atoms with Crippen molar-refractivity contribution in [2.24, 2.45) is 17.3 Å². The number of esters is 1. The summed E-state index contributed by atoms with van der Waals surface area (Å²) in [5.41, 5.74) is 3.27. The van der Waals surface area contributed by atoms with E-state index in [2.05, 4.69) is 26.0 Å². The monoisotopic (exact) mass is 444 g/mol. The molecule has 32 heavy (non-hydrogen) atoms. The molecule has 0 amide bonds. The zero-order chi connectivity index (χ0) is 24.1. The maximum atomic E-state index is 13.3. The van der Waals surface area contributed by atoms with Crippen LogP contribution in [0, 0.1) is 17.3 Å². The standard InChI is InChI=1S/C27H40O5/c1-17-8-7-9-18(2)14-15-27(6)22(12-11-19(3)23(29)13-10-17)24(25(30)26(27)31)20(4)16-32-21(5)28/h8,11,14,20,22-23,29-30H,7,9-10,12-13,15-16H2,1-6H3/b17-8-,18-14-,19-11-. The van der Waals surface area contributed by atoms with Gasteiger partial charge in [0.05, 0.1) is 12.7 Å². The van der Waals surface area contributed by atoms with Gasteiger partial charge in [-0.15, -0.1) is 0 Å². The number of carbonyl (C=O) groups is 2. The second-order valence-electron chi connectivity index (χ2n) is 9.89. The summed E-state index contributed by atoms with van der Waals surface area (Å²) >= 11 is 0. The van der Waals surface area contributed by atoms with E-state index in [4.69, 9.17) is 4.74 Å². The van der Waals surface area contributed by atoms with Gasteiger partial charge >= 0.3 is 5.97 Å². The minimum Gasteiger partial charge on any atom is -0.504 e. The largest absolute Gasteiger partial charge is 0.504 e. The molecular formula is C27H40O5. The molecule has 5 heteroatoms. The van der Waals surface area contributed by atoms with Crippen LogP contribution in [0.15, 0.2) is 46.3 Å². The van der Waals surface area contributed by atoms with Crippen LogP contribution in [0.25, 0.3) is 0 Å². The van der Waals surface area contributed by atoms with Crippen LogP contribution in [0.4, 0.5) is 0 Å². The third kappa shape index (κ3) is 6.22. The molecular weight excluding hydrogens is 404 g/mol. The van der Waals surface area contributed by atoms with Gasteiger partial charge in [0, 0.05) is 24.2 Å². The fourth-order valence-corrected chi connectivity index (χ4v) is 4.77. The van der Waals surface area contributed by atoms with Crippen LogP contribution in [0.2, 0.25) is 0 Å². The van der Waals surface area contributed by atoms with Crippen LogP contribution >= 0.6 is 0 Å². The molecule has 0 aromatic rings. The Balaban J connectivity index is 2.45. The van der Waals surface area contributed by atoms with E-state index in [1.807, 2.05) is 26.8 Å². The van der Waals surface area contributed by atoms with Crippen molar-refractivity contribution in [2.75, 3.05) is 6.61 Å². The highest BCUT2D eigenvalue weighted by Crippen LogP contribution is 2.50. The first kappa shape index (κ1) is 26.1. The van der Waals surface area contributed by atoms with E-state index in [0.717, 1.165) is 24.8 Å². The summed E-state index contributed by atoms with van der Waals surface area (Å²) in [5.74, 6) is -1.31. The molecule has 4 unspecified atom stereocenters. The van der Waals surface area contributed by atoms with Gasteiger partial charge in [-0.1, -0.05) is 43.2 Å². The number of Topliss-reactive ketones (excluding diaryl/α,β-unsaturated/α-hetero) is 1. The number of hydrogen-bond donors (Lipinski definition) is 2. The highest BCUT2D eigenvalue weighted by molar-refractivity contribution is 6.02. The van der Waals surface area contributed by atoms with E-state index in [0.29, 0.717) is 24.8 Å². The molecule has 0 fully saturated rings. The summed E-state index contributed by atoms with van der Waals surface area (Å²) in [4.78, 5) is 24.6. The maximum Gasteiger partial charge on any atom is 0.302 e. The molecule has 178 valence electrons. The first-order valence-corrected chi connectivity index (χ1v) is 11.7. The van der Waals surface area contributed by atoms with E-state index in [1.165, 1.54) is 18.1 Å². The summed E-state index contributed by atoms with van der Waals surface area (Å²) in [7, 11) is 0. The van der Waals surface area contributed by atoms with Gasteiger partial charge in [0.1, 0.15) is 0 Å². The molecule has 0 saturated heterocycles. The number of ketones is 1. The van der Waals surface area contributed by atoms with Crippen molar-refractivity contribution in [3.8, 4) is 0 Å². The zero-order valence-electron chi connectivity index (χ0n) is 20.5. The topological polar surface area (TPSA) is 83.8 Å². The fourth-order valence-electron chi connectivity index (χ4n) is 4.77. The van der Waals surface area contributed by atoms with E-state index in [-0.39, 0.29) is 36.0 Å². The second-order valence-corrected chi connectivity index (χ2v) is 9.89. The SMILES string of the molecule is CC(=O)OCC(C)C1=C(O)C(=O)C2(C)C/C=C(/C)CC/C=C(/C)CCC(O)/C(C)=C\CC12. The van der Waals surface area contributed by atoms with Crippen LogP contribution in [-0.2, 0) is 14.3 Å². The summed E-state index contributed by atoms with van der Waals surface area (Å²) < 4.78 is 5.19. The van der Waals surface area contributed by atoms with E-state index in [1.54, 1.807) is 0 Å². The second kappa shape index (κ2) is 11.1. The van der Waals surface area contributed by atoms with Gasteiger partial charge in [0.2, 0.25) is 5.78 Å². The summed E-state index contributed by atoms with van der Waals surface area (Å²) in [6.45, 7) is 11.4. The van der Waals surface area contributed by atoms with E-state index < -0.39 is 11.5 Å². The Hall–Kier alpha value is -2.14. The quantitative estimate of drug-likeness (QED) is 0.427. The van der Waals surface area contributed by atoms with Gasteiger partial charge < -0.3 is 14.9 Å². The van der Waals surface area contributed by atoms with Crippen molar-refractivity contribution in [3.05, 3.63) is 46.3 Å². The van der Waals surface area contributed by atoms with Gasteiger partial charge in [-0.25, -0.2) is 0 Å². The Morgan fingerprint density at radius 3 is 2.50 bits per heavy atom. The van der Waals surface area contributed by atoms with Crippen LogP contribution in [0.3, 0.4) is 0 Å². The van der Waals surface area contributed by atoms with Crippen molar-refractivity contribution < 1.29 is 24.5 Å². The Bertz CT molecular complexity index is 844. The van der Waals surface area contributed by atoms with E-state index in [9.17, 15) is 19.8 Å². The maximum absolute atomic E-state index is 13.3. The molecule has 2 rings (SSSR count). The smallest absolute Gasteiger partial charge is 0.302 e. The van der Waals surface area contributed by atoms with Gasteiger partial charge in [-0.05, 0) is 70.4 Å². The molecule has 4 atom stereocenters. The molecule has 0 heterocycles. The van der Waals surface area contributed by atoms with Crippen molar-refractivity contribution in [3.63, 3.8) is 0 Å². The molecule has 2 aliphatic rings. The third-order valence-corrected chi connectivity index (χ3v) is 7.14. The zero-order valence-corrected chi connectivity index (χ0v) is 20.5. The molecule has 2 N–H and O–H groups in total. The van der Waals surface area contributed by atoms with E-state index >= 15 is 0 Å². The van der Waals surface area contributed by atoms with Gasteiger partial charge in [0.25, 0.3) is 0 Å². The Morgan fingerprint density at radius 1 is 1.19 bits per heavy atom. The lowest BCUT2D eigenvalue weighted by molar-refractivity contribution is -0.141. The molecule has 5 nitrogen and oxygen atoms in total. The first-order chi connectivity index (χ1) is 15.0. The summed E-state index contributed by atoms with van der Waals surface area (Å²) in [6, 6.07) is 0. The number of aliphatic hydroxyl groups is 2. The third-order valence-electron chi connectivity index (χ3n) is 7.14. The molecule has 2 aliphatic carbocycles. The molecule has 0 radical (unpaired) electrons. The van der Waals surface area contributed by atoms with Gasteiger partial charge in [-0.3, -0.25) is 9.59 Å². The van der Waals surface area contributed by atoms with Crippen molar-refractivity contribution in [1.82, 2.24) is 0 Å². The summed E-state index contributed by atoms with van der Waals surface area (Å²) in [6.07, 6.45) is 10.3. The van der Waals surface area contributed by atoms with Gasteiger partial charge in [0.15, 0.2) is 5.76 Å². The molecule has 0 aromatic carbocycles. The minimum atomic E-state index is -0.779. The number of aliphatic hydroxyl groups excluding tert-OH is 2.